The number of carbonyl (C=O) groups is 4. The third-order valence-electron chi connectivity index (χ3n) is 10.7. The second-order valence-electron chi connectivity index (χ2n) is 16.3. The summed E-state index contributed by atoms with van der Waals surface area (Å²) in [4.78, 5) is 66.8. The second kappa shape index (κ2) is 20.3. The Hall–Kier alpha value is -5.80. The normalized spacial score (nSPS) is 15.6. The molecule has 0 unspecified atom stereocenters. The lowest BCUT2D eigenvalue weighted by Gasteiger charge is -2.36. The zero-order valence-corrected chi connectivity index (χ0v) is 35.2. The third kappa shape index (κ3) is 12.1. The van der Waals surface area contributed by atoms with Crippen molar-refractivity contribution in [3.63, 3.8) is 0 Å². The Kier molecular flexibility index (Phi) is 15.2. The quantitative estimate of drug-likeness (QED) is 0.105. The molecule has 1 fully saturated rings. The van der Waals surface area contributed by atoms with Gasteiger partial charge in [-0.05, 0) is 60.1 Å². The van der Waals surface area contributed by atoms with Gasteiger partial charge in [0, 0.05) is 50.0 Å². The number of nitrogens with one attached hydrogen (secondary N) is 3. The van der Waals surface area contributed by atoms with E-state index in [-0.39, 0.29) is 37.4 Å². The van der Waals surface area contributed by atoms with Crippen molar-refractivity contribution >= 4 is 23.9 Å². The van der Waals surface area contributed by atoms with Crippen molar-refractivity contribution in [2.75, 3.05) is 26.7 Å². The second-order valence-corrected chi connectivity index (χ2v) is 16.3. The van der Waals surface area contributed by atoms with Crippen LogP contribution in [0.25, 0.3) is 5.69 Å². The van der Waals surface area contributed by atoms with Crippen molar-refractivity contribution in [1.29, 1.82) is 0 Å². The number of alkyl carbamates (subject to hydrolysis) is 1. The van der Waals surface area contributed by atoms with Crippen molar-refractivity contribution in [2.24, 2.45) is 11.3 Å². The number of aliphatic hydroxyl groups is 1. The summed E-state index contributed by atoms with van der Waals surface area (Å²) in [5.41, 5.74) is 6.48. The number of methoxy groups -OCH3 is 1. The fraction of sp³-hybridized carbons (Fsp3) is 0.455. The molecule has 15 heteroatoms. The van der Waals surface area contributed by atoms with Crippen molar-refractivity contribution in [2.45, 2.75) is 91.7 Å². The Morgan fingerprint density at radius 2 is 1.68 bits per heavy atom. The molecule has 4 N–H and O–H groups in total. The van der Waals surface area contributed by atoms with Crippen molar-refractivity contribution in [3.8, 4) is 5.69 Å². The fourth-order valence-corrected chi connectivity index (χ4v) is 7.22. The van der Waals surface area contributed by atoms with E-state index in [4.69, 9.17) is 4.74 Å². The maximum Gasteiger partial charge on any atom is 0.407 e. The fourth-order valence-electron chi connectivity index (χ4n) is 7.22. The van der Waals surface area contributed by atoms with E-state index in [1.807, 2.05) is 125 Å². The number of hydrazine groups is 1. The predicted molar refractivity (Wildman–Crippen MR) is 224 cm³/mol. The van der Waals surface area contributed by atoms with Crippen LogP contribution >= 0.6 is 0 Å². The standard InChI is InChI=1S/C44H59N9O6/c1-8-30(2)38(53-24-23-50(43(53)58)27-34-16-12-13-31(3)46-34)40(55)47-36(25-32-14-10-9-11-15-32)37(54)28-52(49-41(56)39(44(4,5)6)48-42(57)59-7)26-33-17-19-35(20-18-33)51-22-21-45-29-51/h9-22,29-30,36-39,54H,8,23-28H2,1-7H3,(H,47,55)(H,48,57)(H,49,56)/t30-,36-,37-,38-,39+/m0/s1. The molecule has 0 radical (unpaired) electrons. The largest absolute Gasteiger partial charge is 0.453 e. The Morgan fingerprint density at radius 1 is 0.949 bits per heavy atom. The minimum atomic E-state index is -1.21. The molecule has 0 bridgehead atoms. The SMILES string of the molecule is CC[C@H](C)[C@@H](C(=O)N[C@@H](Cc1ccccc1)[C@@H](O)CN(Cc1ccc(-n2ccnc2)cc1)NC(=O)[C@@H](NC(=O)OC)C(C)(C)C)N1CCN(Cc2cccc(C)n2)C1=O. The maximum absolute atomic E-state index is 14.5. The molecule has 2 aromatic carbocycles. The number of aliphatic hydroxyl groups excluding tert-OH is 1. The van der Waals surface area contributed by atoms with Crippen LogP contribution in [-0.2, 0) is 33.8 Å². The summed E-state index contributed by atoms with van der Waals surface area (Å²) < 4.78 is 6.69. The molecule has 0 aliphatic carbocycles. The van der Waals surface area contributed by atoms with Crippen LogP contribution in [0.15, 0.2) is 91.5 Å². The molecule has 59 heavy (non-hydrogen) atoms. The predicted octanol–water partition coefficient (Wildman–Crippen LogP) is 4.62. The molecule has 1 aliphatic heterocycles. The van der Waals surface area contributed by atoms with Crippen molar-refractivity contribution in [1.82, 2.24) is 45.4 Å². The number of hydrogen-bond donors (Lipinski definition) is 4. The van der Waals surface area contributed by atoms with Gasteiger partial charge < -0.3 is 34.8 Å². The van der Waals surface area contributed by atoms with Gasteiger partial charge in [0.25, 0.3) is 5.91 Å². The van der Waals surface area contributed by atoms with Crippen LogP contribution in [0, 0.1) is 18.3 Å². The summed E-state index contributed by atoms with van der Waals surface area (Å²) in [5.74, 6) is -1.07. The zero-order valence-electron chi connectivity index (χ0n) is 35.2. The first kappa shape index (κ1) is 44.3. The summed E-state index contributed by atoms with van der Waals surface area (Å²) in [7, 11) is 1.23. The number of amides is 5. The van der Waals surface area contributed by atoms with E-state index < -0.39 is 41.6 Å². The molecule has 4 aromatic rings. The van der Waals surface area contributed by atoms with Gasteiger partial charge in [-0.15, -0.1) is 0 Å². The highest BCUT2D eigenvalue weighted by atomic mass is 16.5. The number of rotatable bonds is 18. The number of aryl methyl sites for hydroxylation is 1. The molecular weight excluding hydrogens is 751 g/mol. The summed E-state index contributed by atoms with van der Waals surface area (Å²) in [5, 5.41) is 19.5. The summed E-state index contributed by atoms with van der Waals surface area (Å²) in [6, 6.07) is 20.1. The number of carbonyl (C=O) groups excluding carboxylic acids is 4. The molecule has 1 aliphatic rings. The number of hydrogen-bond acceptors (Lipinski definition) is 9. The minimum Gasteiger partial charge on any atom is -0.453 e. The molecule has 5 atom stereocenters. The number of aromatic nitrogens is 3. The van der Waals surface area contributed by atoms with E-state index >= 15 is 0 Å². The molecule has 5 amide bonds. The van der Waals surface area contributed by atoms with E-state index in [0.29, 0.717) is 26.1 Å². The number of benzene rings is 2. The van der Waals surface area contributed by atoms with Gasteiger partial charge in [0.2, 0.25) is 5.91 Å². The lowest BCUT2D eigenvalue weighted by Crippen LogP contribution is -2.60. The van der Waals surface area contributed by atoms with Gasteiger partial charge in [-0.3, -0.25) is 20.0 Å². The molecule has 0 saturated carbocycles. The smallest absolute Gasteiger partial charge is 0.407 e. The van der Waals surface area contributed by atoms with E-state index in [0.717, 1.165) is 28.2 Å². The van der Waals surface area contributed by atoms with Gasteiger partial charge in [0.1, 0.15) is 12.1 Å². The highest BCUT2D eigenvalue weighted by Gasteiger charge is 2.41. The monoisotopic (exact) mass is 809 g/mol. The summed E-state index contributed by atoms with van der Waals surface area (Å²) in [6.07, 6.45) is 4.18. The van der Waals surface area contributed by atoms with Gasteiger partial charge in [-0.2, -0.15) is 0 Å². The average Bonchev–Trinajstić information content (AvgIpc) is 3.87. The lowest BCUT2D eigenvalue weighted by atomic mass is 9.86. The Balaban J connectivity index is 1.41. The van der Waals surface area contributed by atoms with Gasteiger partial charge in [-0.1, -0.05) is 89.6 Å². The van der Waals surface area contributed by atoms with Crippen molar-refractivity contribution < 1.29 is 29.0 Å². The lowest BCUT2D eigenvalue weighted by molar-refractivity contribution is -0.132. The highest BCUT2D eigenvalue weighted by Crippen LogP contribution is 2.24. The van der Waals surface area contributed by atoms with Crippen LogP contribution in [0.3, 0.4) is 0 Å². The molecular formula is C44H59N9O6. The van der Waals surface area contributed by atoms with Crippen LogP contribution in [-0.4, -0.2) is 109 Å². The molecule has 15 nitrogen and oxygen atoms in total. The highest BCUT2D eigenvalue weighted by molar-refractivity contribution is 5.88. The molecule has 2 aromatic heterocycles. The van der Waals surface area contributed by atoms with Crippen LogP contribution in [0.2, 0.25) is 0 Å². The molecule has 3 heterocycles. The van der Waals surface area contributed by atoms with Gasteiger partial charge in [0.05, 0.1) is 37.8 Å². The first-order chi connectivity index (χ1) is 28.2. The van der Waals surface area contributed by atoms with Crippen LogP contribution in [0.5, 0.6) is 0 Å². The van der Waals surface area contributed by atoms with Gasteiger partial charge in [-0.25, -0.2) is 19.6 Å². The van der Waals surface area contributed by atoms with E-state index in [9.17, 15) is 24.3 Å². The Labute approximate surface area is 347 Å². The van der Waals surface area contributed by atoms with E-state index in [1.165, 1.54) is 7.11 Å². The summed E-state index contributed by atoms with van der Waals surface area (Å²) >= 11 is 0. The van der Waals surface area contributed by atoms with Gasteiger partial charge in [0.15, 0.2) is 0 Å². The summed E-state index contributed by atoms with van der Waals surface area (Å²) in [6.45, 7) is 12.5. The number of nitrogens with zero attached hydrogens (tertiary/aromatic N) is 6. The third-order valence-corrected chi connectivity index (χ3v) is 10.7. The zero-order chi connectivity index (χ0) is 42.7. The Bertz CT molecular complexity index is 1990. The minimum absolute atomic E-state index is 0.101. The molecule has 316 valence electrons. The first-order valence-electron chi connectivity index (χ1n) is 20.1. The van der Waals surface area contributed by atoms with Crippen LogP contribution < -0.4 is 16.1 Å². The molecule has 1 saturated heterocycles. The maximum atomic E-state index is 14.5. The number of urea groups is 1. The number of ether oxygens (including phenoxy) is 1. The topological polar surface area (TPSA) is 174 Å². The van der Waals surface area contributed by atoms with Crippen LogP contribution in [0.4, 0.5) is 9.59 Å². The molecule has 0 spiro atoms. The average molecular weight is 810 g/mol. The van der Waals surface area contributed by atoms with E-state index in [1.54, 1.807) is 27.3 Å². The first-order valence-corrected chi connectivity index (χ1v) is 20.1. The van der Waals surface area contributed by atoms with Gasteiger partial charge >= 0.3 is 12.1 Å². The number of pyridine rings is 1. The number of imidazole rings is 1. The van der Waals surface area contributed by atoms with Crippen LogP contribution in [0.1, 0.15) is 63.6 Å². The molecule has 5 rings (SSSR count). The van der Waals surface area contributed by atoms with E-state index in [2.05, 4.69) is 26.0 Å². The van der Waals surface area contributed by atoms with Crippen molar-refractivity contribution in [3.05, 3.63) is 114 Å². The Morgan fingerprint density at radius 3 is 2.31 bits per heavy atom.